The van der Waals surface area contributed by atoms with Crippen molar-refractivity contribution in [3.63, 3.8) is 0 Å². The zero-order chi connectivity index (χ0) is 9.68. The minimum absolute atomic E-state index is 0.236. The van der Waals surface area contributed by atoms with Crippen molar-refractivity contribution in [2.24, 2.45) is 5.73 Å². The van der Waals surface area contributed by atoms with Gasteiger partial charge in [-0.1, -0.05) is 12.1 Å². The van der Waals surface area contributed by atoms with Crippen molar-refractivity contribution < 1.29 is 4.74 Å². The Morgan fingerprint density at radius 3 is 2.31 bits per heavy atom. The van der Waals surface area contributed by atoms with Crippen LogP contribution in [0.25, 0.3) is 0 Å². The Morgan fingerprint density at radius 2 is 1.85 bits per heavy atom. The average molecular weight is 179 g/mol. The SMILES string of the molecule is CC(C)Oc1ccc(CCN)cc1. The zero-order valence-electron chi connectivity index (χ0n) is 8.29. The molecule has 0 bridgehead atoms. The van der Waals surface area contributed by atoms with Gasteiger partial charge in [0.15, 0.2) is 0 Å². The van der Waals surface area contributed by atoms with Crippen LogP contribution in [0.5, 0.6) is 5.75 Å². The quantitative estimate of drug-likeness (QED) is 0.767. The van der Waals surface area contributed by atoms with Gasteiger partial charge in [-0.05, 0) is 44.5 Å². The van der Waals surface area contributed by atoms with E-state index in [1.807, 2.05) is 26.0 Å². The summed E-state index contributed by atoms with van der Waals surface area (Å²) in [5, 5.41) is 0. The molecule has 0 fully saturated rings. The van der Waals surface area contributed by atoms with E-state index in [1.165, 1.54) is 5.56 Å². The highest BCUT2D eigenvalue weighted by Gasteiger charge is 1.96. The number of ether oxygens (including phenoxy) is 1. The topological polar surface area (TPSA) is 35.2 Å². The van der Waals surface area contributed by atoms with Crippen molar-refractivity contribution in [2.75, 3.05) is 6.54 Å². The number of nitrogens with two attached hydrogens (primary N) is 1. The molecule has 2 heteroatoms. The van der Waals surface area contributed by atoms with Crippen LogP contribution < -0.4 is 10.5 Å². The fraction of sp³-hybridized carbons (Fsp3) is 0.455. The van der Waals surface area contributed by atoms with Gasteiger partial charge in [-0.25, -0.2) is 0 Å². The minimum Gasteiger partial charge on any atom is -0.491 e. The maximum absolute atomic E-state index is 5.52. The van der Waals surface area contributed by atoms with Gasteiger partial charge in [0.1, 0.15) is 5.75 Å². The molecule has 72 valence electrons. The molecule has 0 amide bonds. The first kappa shape index (κ1) is 10.1. The molecular weight excluding hydrogens is 162 g/mol. The van der Waals surface area contributed by atoms with Gasteiger partial charge in [-0.3, -0.25) is 0 Å². The van der Waals surface area contributed by atoms with Crippen molar-refractivity contribution in [1.29, 1.82) is 0 Å². The Kier molecular flexibility index (Phi) is 3.77. The van der Waals surface area contributed by atoms with E-state index >= 15 is 0 Å². The summed E-state index contributed by atoms with van der Waals surface area (Å²) in [7, 11) is 0. The van der Waals surface area contributed by atoms with Crippen LogP contribution in [0.2, 0.25) is 0 Å². The second kappa shape index (κ2) is 4.87. The summed E-state index contributed by atoms with van der Waals surface area (Å²) in [5.41, 5.74) is 6.71. The number of hydrogen-bond donors (Lipinski definition) is 1. The Balaban J connectivity index is 2.59. The Hall–Kier alpha value is -1.02. The summed E-state index contributed by atoms with van der Waals surface area (Å²) in [6, 6.07) is 8.10. The molecule has 1 rings (SSSR count). The van der Waals surface area contributed by atoms with Crippen LogP contribution in [-0.2, 0) is 6.42 Å². The largest absolute Gasteiger partial charge is 0.491 e. The monoisotopic (exact) mass is 179 g/mol. The third kappa shape index (κ3) is 3.47. The lowest BCUT2D eigenvalue weighted by Crippen LogP contribution is -2.06. The van der Waals surface area contributed by atoms with Crippen molar-refractivity contribution in [1.82, 2.24) is 0 Å². The van der Waals surface area contributed by atoms with Gasteiger partial charge >= 0.3 is 0 Å². The molecule has 2 nitrogen and oxygen atoms in total. The van der Waals surface area contributed by atoms with Gasteiger partial charge in [0.2, 0.25) is 0 Å². The molecule has 2 N–H and O–H groups in total. The van der Waals surface area contributed by atoms with Crippen molar-refractivity contribution in [3.8, 4) is 5.75 Å². The first-order valence-corrected chi connectivity index (χ1v) is 4.68. The summed E-state index contributed by atoms with van der Waals surface area (Å²) < 4.78 is 5.52. The molecule has 0 aliphatic heterocycles. The molecular formula is C11H17NO. The van der Waals surface area contributed by atoms with Crippen molar-refractivity contribution in [3.05, 3.63) is 29.8 Å². The molecule has 0 aliphatic rings. The van der Waals surface area contributed by atoms with Gasteiger partial charge in [-0.15, -0.1) is 0 Å². The van der Waals surface area contributed by atoms with Crippen LogP contribution in [0.4, 0.5) is 0 Å². The lowest BCUT2D eigenvalue weighted by Gasteiger charge is -2.09. The number of rotatable bonds is 4. The predicted octanol–water partition coefficient (Wildman–Crippen LogP) is 1.98. The molecule has 0 aromatic heterocycles. The second-order valence-electron chi connectivity index (χ2n) is 3.35. The molecule has 0 saturated heterocycles. The molecule has 1 aromatic carbocycles. The summed E-state index contributed by atoms with van der Waals surface area (Å²) >= 11 is 0. The van der Waals surface area contributed by atoms with Gasteiger partial charge in [0.25, 0.3) is 0 Å². The molecule has 0 saturated carbocycles. The summed E-state index contributed by atoms with van der Waals surface area (Å²) in [6.07, 6.45) is 1.17. The molecule has 0 heterocycles. The fourth-order valence-electron chi connectivity index (χ4n) is 1.17. The van der Waals surface area contributed by atoms with Crippen LogP contribution in [-0.4, -0.2) is 12.6 Å². The van der Waals surface area contributed by atoms with Crippen LogP contribution in [0, 0.1) is 0 Å². The average Bonchev–Trinajstić information content (AvgIpc) is 2.08. The van der Waals surface area contributed by atoms with Crippen molar-refractivity contribution in [2.45, 2.75) is 26.4 Å². The smallest absolute Gasteiger partial charge is 0.119 e. The highest BCUT2D eigenvalue weighted by molar-refractivity contribution is 5.27. The normalized spacial score (nSPS) is 10.5. The number of benzene rings is 1. The summed E-state index contributed by atoms with van der Waals surface area (Å²) in [4.78, 5) is 0. The lowest BCUT2D eigenvalue weighted by atomic mass is 10.1. The van der Waals surface area contributed by atoms with Crippen molar-refractivity contribution >= 4 is 0 Å². The zero-order valence-corrected chi connectivity index (χ0v) is 8.29. The standard InChI is InChI=1S/C11H17NO/c1-9(2)13-11-5-3-10(4-6-11)7-8-12/h3-6,9H,7-8,12H2,1-2H3. The van der Waals surface area contributed by atoms with Crippen LogP contribution >= 0.6 is 0 Å². The molecule has 0 unspecified atom stereocenters. The van der Waals surface area contributed by atoms with E-state index in [-0.39, 0.29) is 6.10 Å². The highest BCUT2D eigenvalue weighted by Crippen LogP contribution is 2.13. The first-order chi connectivity index (χ1) is 6.22. The first-order valence-electron chi connectivity index (χ1n) is 4.68. The fourth-order valence-corrected chi connectivity index (χ4v) is 1.17. The summed E-state index contributed by atoms with van der Waals surface area (Å²) in [6.45, 7) is 4.74. The molecule has 0 spiro atoms. The molecule has 13 heavy (non-hydrogen) atoms. The predicted molar refractivity (Wildman–Crippen MR) is 55.0 cm³/mol. The highest BCUT2D eigenvalue weighted by atomic mass is 16.5. The Morgan fingerprint density at radius 1 is 1.23 bits per heavy atom. The van der Waals surface area contributed by atoms with Gasteiger partial charge in [-0.2, -0.15) is 0 Å². The molecule has 0 atom stereocenters. The maximum Gasteiger partial charge on any atom is 0.119 e. The second-order valence-corrected chi connectivity index (χ2v) is 3.35. The van der Waals surface area contributed by atoms with Crippen LogP contribution in [0.3, 0.4) is 0 Å². The Bertz CT molecular complexity index is 241. The summed E-state index contributed by atoms with van der Waals surface area (Å²) in [5.74, 6) is 0.927. The molecule has 0 radical (unpaired) electrons. The maximum atomic E-state index is 5.52. The van der Waals surface area contributed by atoms with E-state index in [1.54, 1.807) is 0 Å². The van der Waals surface area contributed by atoms with E-state index in [4.69, 9.17) is 10.5 Å². The minimum atomic E-state index is 0.236. The third-order valence-electron chi connectivity index (χ3n) is 1.73. The van der Waals surface area contributed by atoms with Gasteiger partial charge in [0, 0.05) is 0 Å². The van der Waals surface area contributed by atoms with Crippen LogP contribution in [0.15, 0.2) is 24.3 Å². The van der Waals surface area contributed by atoms with Gasteiger partial charge < -0.3 is 10.5 Å². The van der Waals surface area contributed by atoms with E-state index in [9.17, 15) is 0 Å². The van der Waals surface area contributed by atoms with E-state index in [2.05, 4.69) is 12.1 Å². The Labute approximate surface area is 79.7 Å². The van der Waals surface area contributed by atoms with E-state index in [0.29, 0.717) is 6.54 Å². The molecule has 1 aromatic rings. The van der Waals surface area contributed by atoms with Gasteiger partial charge in [0.05, 0.1) is 6.10 Å². The van der Waals surface area contributed by atoms with E-state index in [0.717, 1.165) is 12.2 Å². The third-order valence-corrected chi connectivity index (χ3v) is 1.73. The number of hydrogen-bond acceptors (Lipinski definition) is 2. The van der Waals surface area contributed by atoms with E-state index < -0.39 is 0 Å². The molecule has 0 aliphatic carbocycles. The van der Waals surface area contributed by atoms with Crippen LogP contribution in [0.1, 0.15) is 19.4 Å². The lowest BCUT2D eigenvalue weighted by molar-refractivity contribution is 0.242.